The lowest BCUT2D eigenvalue weighted by Gasteiger charge is -2.42. The van der Waals surface area contributed by atoms with Crippen LogP contribution in [0.5, 0.6) is 5.75 Å². The molecule has 3 aromatic rings. The minimum absolute atomic E-state index is 0.124. The normalized spacial score (nSPS) is 24.5. The quantitative estimate of drug-likeness (QED) is 0.186. The van der Waals surface area contributed by atoms with Gasteiger partial charge >= 0.3 is 0 Å². The standard InChI is InChI=1S/C37H29NO6/c1-19-16-23(10-15-29(19)39)31-25-13-14-26-32(27(25)18-28-30(40)17-20(2)34(41)33(28)31)37(44)38(36(26)43)24-11-8-22(9-12-24)35(42)21-6-4-3-5-7-21/h3-13,15-17,26-27,31-32,39H,14,18H2,1-2H3. The second kappa shape index (κ2) is 10.2. The Morgan fingerprint density at radius 2 is 1.55 bits per heavy atom. The van der Waals surface area contributed by atoms with E-state index >= 15 is 0 Å². The molecule has 0 radical (unpaired) electrons. The number of Topliss-reactive ketones (excluding diaryl/α,β-unsaturated/α-hetero) is 1. The van der Waals surface area contributed by atoms with Gasteiger partial charge in [-0.1, -0.05) is 54.1 Å². The number of carbonyl (C=O) groups excluding carboxylic acids is 5. The predicted molar refractivity (Wildman–Crippen MR) is 163 cm³/mol. The summed E-state index contributed by atoms with van der Waals surface area (Å²) in [4.78, 5) is 68.9. The first-order valence-corrected chi connectivity index (χ1v) is 14.7. The number of aryl methyl sites for hydroxylation is 1. The van der Waals surface area contributed by atoms with Crippen molar-refractivity contribution in [1.82, 2.24) is 0 Å². The Bertz CT molecular complexity index is 1900. The second-order valence-electron chi connectivity index (χ2n) is 12.0. The monoisotopic (exact) mass is 583 g/mol. The summed E-state index contributed by atoms with van der Waals surface area (Å²) in [6.45, 7) is 3.41. The Balaban J connectivity index is 1.26. The van der Waals surface area contributed by atoms with Gasteiger partial charge < -0.3 is 5.11 Å². The molecule has 4 atom stereocenters. The van der Waals surface area contributed by atoms with Crippen LogP contribution in [-0.2, 0) is 19.2 Å². The van der Waals surface area contributed by atoms with Crippen molar-refractivity contribution in [2.24, 2.45) is 17.8 Å². The molecule has 4 unspecified atom stereocenters. The fraction of sp³-hybridized carbons (Fsp3) is 0.216. The van der Waals surface area contributed by atoms with Gasteiger partial charge in [0.05, 0.1) is 17.5 Å². The minimum atomic E-state index is -0.696. The van der Waals surface area contributed by atoms with E-state index < -0.39 is 23.7 Å². The third kappa shape index (κ3) is 4.14. The Hall–Kier alpha value is -5.17. The van der Waals surface area contributed by atoms with Gasteiger partial charge in [-0.25, -0.2) is 0 Å². The number of imide groups is 1. The Labute approximate surface area is 254 Å². The van der Waals surface area contributed by atoms with Gasteiger partial charge in [-0.3, -0.25) is 28.9 Å². The van der Waals surface area contributed by atoms with Gasteiger partial charge in [-0.2, -0.15) is 0 Å². The number of phenols is 1. The molecule has 44 heavy (non-hydrogen) atoms. The molecule has 2 amide bonds. The van der Waals surface area contributed by atoms with Crippen molar-refractivity contribution in [3.8, 4) is 5.75 Å². The van der Waals surface area contributed by atoms with Crippen LogP contribution in [0.2, 0.25) is 0 Å². The SMILES string of the molecule is CC1=CC(=O)C2=C(C1=O)C(c1ccc(O)c(C)c1)C1=CCC3C(=O)N(c4ccc(C(=O)c5ccccc5)cc4)C(=O)C3C1C2. The van der Waals surface area contributed by atoms with E-state index in [1.807, 2.05) is 18.2 Å². The molecule has 1 aliphatic heterocycles. The van der Waals surface area contributed by atoms with E-state index in [0.717, 1.165) is 11.1 Å². The van der Waals surface area contributed by atoms with Crippen LogP contribution in [0.1, 0.15) is 52.7 Å². The number of nitrogens with zero attached hydrogens (tertiary/aromatic N) is 1. The zero-order valence-electron chi connectivity index (χ0n) is 24.2. The van der Waals surface area contributed by atoms with Crippen molar-refractivity contribution < 1.29 is 29.1 Å². The molecule has 1 fully saturated rings. The maximum Gasteiger partial charge on any atom is 0.238 e. The van der Waals surface area contributed by atoms with E-state index in [9.17, 15) is 29.1 Å². The van der Waals surface area contributed by atoms with Crippen LogP contribution in [-0.4, -0.2) is 34.3 Å². The number of hydrogen-bond donors (Lipinski definition) is 1. The number of carbonyl (C=O) groups is 5. The first kappa shape index (κ1) is 27.7. The van der Waals surface area contributed by atoms with E-state index in [1.54, 1.807) is 74.5 Å². The van der Waals surface area contributed by atoms with E-state index in [-0.39, 0.29) is 41.3 Å². The molecule has 218 valence electrons. The first-order chi connectivity index (χ1) is 21.2. The average Bonchev–Trinajstić information content (AvgIpc) is 3.29. The summed E-state index contributed by atoms with van der Waals surface area (Å²) in [5, 5.41) is 10.2. The van der Waals surface area contributed by atoms with Crippen LogP contribution in [0.25, 0.3) is 0 Å². The van der Waals surface area contributed by atoms with Crippen LogP contribution in [0, 0.1) is 24.7 Å². The van der Waals surface area contributed by atoms with Crippen molar-refractivity contribution >= 4 is 34.9 Å². The van der Waals surface area contributed by atoms with Crippen LogP contribution in [0.4, 0.5) is 5.69 Å². The summed E-state index contributed by atoms with van der Waals surface area (Å²) < 4.78 is 0. The molecule has 7 heteroatoms. The van der Waals surface area contributed by atoms with Crippen LogP contribution < -0.4 is 4.90 Å². The molecule has 7 rings (SSSR count). The fourth-order valence-electron chi connectivity index (χ4n) is 7.37. The summed E-state index contributed by atoms with van der Waals surface area (Å²) >= 11 is 0. The molecule has 0 spiro atoms. The summed E-state index contributed by atoms with van der Waals surface area (Å²) in [5.41, 5.74) is 4.82. The molecule has 0 aromatic heterocycles. The number of amides is 2. The number of fused-ring (bicyclic) bond motifs is 3. The zero-order valence-corrected chi connectivity index (χ0v) is 24.2. The van der Waals surface area contributed by atoms with Gasteiger partial charge in [0, 0.05) is 33.8 Å². The van der Waals surface area contributed by atoms with E-state index in [0.29, 0.717) is 45.5 Å². The third-order valence-electron chi connectivity index (χ3n) is 9.54. The number of aromatic hydroxyl groups is 1. The summed E-state index contributed by atoms with van der Waals surface area (Å²) in [7, 11) is 0. The summed E-state index contributed by atoms with van der Waals surface area (Å²) in [6, 6.07) is 20.5. The Morgan fingerprint density at radius 3 is 2.25 bits per heavy atom. The van der Waals surface area contributed by atoms with Crippen LogP contribution in [0.3, 0.4) is 0 Å². The molecular weight excluding hydrogens is 554 g/mol. The van der Waals surface area contributed by atoms with Crippen molar-refractivity contribution in [2.75, 3.05) is 4.90 Å². The molecule has 1 N–H and O–H groups in total. The highest BCUT2D eigenvalue weighted by Gasteiger charge is 2.56. The first-order valence-electron chi connectivity index (χ1n) is 14.7. The van der Waals surface area contributed by atoms with Crippen LogP contribution >= 0.6 is 0 Å². The maximum atomic E-state index is 14.1. The zero-order chi connectivity index (χ0) is 30.9. The predicted octanol–water partition coefficient (Wildman–Crippen LogP) is 5.57. The number of hydrogen-bond acceptors (Lipinski definition) is 6. The summed E-state index contributed by atoms with van der Waals surface area (Å²) in [6.07, 6.45) is 3.86. The lowest BCUT2D eigenvalue weighted by molar-refractivity contribution is -0.123. The van der Waals surface area contributed by atoms with E-state index in [1.165, 1.54) is 11.0 Å². The Kier molecular flexibility index (Phi) is 6.43. The average molecular weight is 584 g/mol. The van der Waals surface area contributed by atoms with Gasteiger partial charge in [0.25, 0.3) is 0 Å². The smallest absolute Gasteiger partial charge is 0.238 e. The highest BCUT2D eigenvalue weighted by atomic mass is 16.3. The molecule has 3 aromatic carbocycles. The number of ketones is 3. The molecule has 0 saturated carbocycles. The minimum Gasteiger partial charge on any atom is -0.508 e. The molecule has 0 bridgehead atoms. The second-order valence-corrected chi connectivity index (χ2v) is 12.0. The van der Waals surface area contributed by atoms with Crippen molar-refractivity contribution in [2.45, 2.75) is 32.6 Å². The number of phenolic OH excluding ortho intramolecular Hbond substituents is 1. The van der Waals surface area contributed by atoms with Gasteiger partial charge in [-0.15, -0.1) is 0 Å². The van der Waals surface area contributed by atoms with E-state index in [2.05, 4.69) is 0 Å². The van der Waals surface area contributed by atoms with Crippen LogP contribution in [0.15, 0.2) is 107 Å². The lowest BCUT2D eigenvalue weighted by atomic mass is 9.59. The van der Waals surface area contributed by atoms with Gasteiger partial charge in [0.2, 0.25) is 11.8 Å². The fourth-order valence-corrected chi connectivity index (χ4v) is 7.37. The molecule has 7 nitrogen and oxygen atoms in total. The lowest BCUT2D eigenvalue weighted by Crippen LogP contribution is -2.39. The summed E-state index contributed by atoms with van der Waals surface area (Å²) in [5.74, 6) is -3.44. The van der Waals surface area contributed by atoms with Crippen molar-refractivity contribution in [3.05, 3.63) is 129 Å². The van der Waals surface area contributed by atoms with Crippen molar-refractivity contribution in [1.29, 1.82) is 0 Å². The highest BCUT2D eigenvalue weighted by Crippen LogP contribution is 2.55. The number of benzene rings is 3. The largest absolute Gasteiger partial charge is 0.508 e. The van der Waals surface area contributed by atoms with Crippen molar-refractivity contribution in [3.63, 3.8) is 0 Å². The molecule has 4 aliphatic rings. The number of rotatable bonds is 4. The topological polar surface area (TPSA) is 109 Å². The number of anilines is 1. The molecule has 1 saturated heterocycles. The molecular formula is C37H29NO6. The highest BCUT2D eigenvalue weighted by molar-refractivity contribution is 6.25. The number of allylic oxidation sites excluding steroid dienone is 6. The maximum absolute atomic E-state index is 14.1. The third-order valence-corrected chi connectivity index (χ3v) is 9.54. The van der Waals surface area contributed by atoms with Gasteiger partial charge in [0.15, 0.2) is 17.3 Å². The molecule has 1 heterocycles. The van der Waals surface area contributed by atoms with E-state index in [4.69, 9.17) is 0 Å². The Morgan fingerprint density at radius 1 is 0.841 bits per heavy atom. The van der Waals surface area contributed by atoms with Gasteiger partial charge in [0.1, 0.15) is 5.75 Å². The van der Waals surface area contributed by atoms with Gasteiger partial charge in [-0.05, 0) is 80.1 Å². The molecule has 3 aliphatic carbocycles.